The molecule has 0 amide bonds. The van der Waals surface area contributed by atoms with Crippen LogP contribution in [-0.4, -0.2) is 38.5 Å². The highest BCUT2D eigenvalue weighted by molar-refractivity contribution is 8.45. The highest BCUT2D eigenvalue weighted by Gasteiger charge is 2.65. The SMILES string of the molecule is N#Cc1nn(-c2c(Cl)cc(S(F)(F)(F)(F)F)cc2Cl)c(NCCCC(=O)O)c1C1(C(=O)O)CC1. The van der Waals surface area contributed by atoms with Crippen LogP contribution in [0.5, 0.6) is 0 Å². The molecular weight excluding hydrogens is 534 g/mol. The van der Waals surface area contributed by atoms with Gasteiger partial charge in [0.25, 0.3) is 0 Å². The van der Waals surface area contributed by atoms with Gasteiger partial charge in [0.1, 0.15) is 22.5 Å². The number of nitrogens with one attached hydrogen (secondary N) is 1. The number of halogens is 7. The van der Waals surface area contributed by atoms with Crippen molar-refractivity contribution < 1.29 is 39.2 Å². The minimum Gasteiger partial charge on any atom is -0.481 e. The van der Waals surface area contributed by atoms with Gasteiger partial charge in [-0.25, -0.2) is 4.68 Å². The molecule has 1 heterocycles. The summed E-state index contributed by atoms with van der Waals surface area (Å²) < 4.78 is 67.1. The first-order valence-corrected chi connectivity index (χ1v) is 12.1. The van der Waals surface area contributed by atoms with Gasteiger partial charge in [0, 0.05) is 13.0 Å². The molecule has 186 valence electrons. The van der Waals surface area contributed by atoms with Gasteiger partial charge in [-0.15, -0.1) is 0 Å². The molecule has 0 spiro atoms. The number of carbonyl (C=O) groups is 2. The molecule has 1 aromatic carbocycles. The standard InChI is InChI=1S/C18H15Cl2F5N4O4S/c19-10-6-9(34(21,22,23,24)25)7-11(20)15(10)29-16(27-5-1-2-13(30)31)14(12(8-26)28-29)18(3-4-18)17(32)33/h6-7,27H,1-5H2,(H,30,31)(H,32,33). The minimum absolute atomic E-state index is 0.0317. The van der Waals surface area contributed by atoms with Crippen LogP contribution in [0.2, 0.25) is 10.0 Å². The third-order valence-corrected chi connectivity index (χ3v) is 6.84. The molecule has 1 fully saturated rings. The summed E-state index contributed by atoms with van der Waals surface area (Å²) in [7, 11) is -10.1. The molecule has 34 heavy (non-hydrogen) atoms. The third-order valence-electron chi connectivity index (χ3n) is 5.14. The minimum atomic E-state index is -10.1. The van der Waals surface area contributed by atoms with Gasteiger partial charge in [-0.05, 0) is 31.4 Å². The van der Waals surface area contributed by atoms with Gasteiger partial charge in [0.05, 0.1) is 21.0 Å². The topological polar surface area (TPSA) is 128 Å². The summed E-state index contributed by atoms with van der Waals surface area (Å²) in [5.41, 5.74) is -2.52. The maximum atomic E-state index is 13.3. The van der Waals surface area contributed by atoms with Crippen LogP contribution in [0.25, 0.3) is 5.69 Å². The molecule has 0 atom stereocenters. The van der Waals surface area contributed by atoms with E-state index in [0.717, 1.165) is 4.68 Å². The molecule has 1 saturated carbocycles. The number of carboxylic acids is 2. The summed E-state index contributed by atoms with van der Waals surface area (Å²) in [6, 6.07) is 1.65. The summed E-state index contributed by atoms with van der Waals surface area (Å²) in [4.78, 5) is 20.4. The van der Waals surface area contributed by atoms with E-state index in [0.29, 0.717) is 0 Å². The number of hydrogen-bond acceptors (Lipinski definition) is 5. The van der Waals surface area contributed by atoms with Crippen LogP contribution in [0, 0.1) is 11.3 Å². The molecule has 16 heteroatoms. The summed E-state index contributed by atoms with van der Waals surface area (Å²) in [5, 5.41) is 33.0. The second kappa shape index (κ2) is 7.62. The molecule has 8 nitrogen and oxygen atoms in total. The smallest absolute Gasteiger partial charge is 0.314 e. The quantitative estimate of drug-likeness (QED) is 0.255. The fourth-order valence-corrected chi connectivity index (χ4v) is 4.84. The van der Waals surface area contributed by atoms with Crippen LogP contribution in [0.15, 0.2) is 17.0 Å². The second-order valence-corrected chi connectivity index (χ2v) is 10.8. The summed E-state index contributed by atoms with van der Waals surface area (Å²) in [6.45, 7) is -0.0651. The number of hydrogen-bond donors (Lipinski definition) is 3. The number of aromatic nitrogens is 2. The molecule has 3 rings (SSSR count). The van der Waals surface area contributed by atoms with E-state index in [-0.39, 0.29) is 55.7 Å². The van der Waals surface area contributed by atoms with Gasteiger partial charge in [-0.1, -0.05) is 42.6 Å². The molecule has 1 aliphatic rings. The van der Waals surface area contributed by atoms with E-state index in [4.69, 9.17) is 28.3 Å². The van der Waals surface area contributed by atoms with Crippen molar-refractivity contribution in [2.24, 2.45) is 0 Å². The fourth-order valence-electron chi connectivity index (χ4n) is 3.38. The number of carboxylic acid groups (broad SMARTS) is 2. The maximum Gasteiger partial charge on any atom is 0.314 e. The van der Waals surface area contributed by atoms with Crippen molar-refractivity contribution in [1.82, 2.24) is 9.78 Å². The Morgan fingerprint density at radius 1 is 1.18 bits per heavy atom. The van der Waals surface area contributed by atoms with Crippen LogP contribution < -0.4 is 5.32 Å². The molecule has 0 unspecified atom stereocenters. The number of aliphatic carboxylic acids is 2. The largest absolute Gasteiger partial charge is 0.481 e. The molecule has 0 saturated heterocycles. The number of nitrogens with zero attached hydrogens (tertiary/aromatic N) is 3. The molecule has 1 aliphatic carbocycles. The molecular formula is C18H15Cl2F5N4O4S. The van der Waals surface area contributed by atoms with Crippen LogP contribution in [0.3, 0.4) is 0 Å². The van der Waals surface area contributed by atoms with E-state index in [1.165, 1.54) is 0 Å². The number of nitriles is 1. The number of rotatable bonds is 9. The fraction of sp³-hybridized carbons (Fsp3) is 0.333. The average molecular weight is 549 g/mol. The summed E-state index contributed by atoms with van der Waals surface area (Å²) in [6.07, 6.45) is 0.0204. The Kier molecular flexibility index (Phi) is 5.80. The average Bonchev–Trinajstić information content (AvgIpc) is 3.40. The van der Waals surface area contributed by atoms with E-state index in [2.05, 4.69) is 10.4 Å². The lowest BCUT2D eigenvalue weighted by Gasteiger charge is -2.40. The van der Waals surface area contributed by atoms with Gasteiger partial charge in [0.15, 0.2) is 5.69 Å². The second-order valence-electron chi connectivity index (χ2n) is 7.61. The first kappa shape index (κ1) is 25.9. The van der Waals surface area contributed by atoms with Crippen LogP contribution in [-0.2, 0) is 15.0 Å². The Balaban J connectivity index is 2.23. The lowest BCUT2D eigenvalue weighted by atomic mass is 9.95. The van der Waals surface area contributed by atoms with Crippen molar-refractivity contribution in [1.29, 1.82) is 5.26 Å². The van der Waals surface area contributed by atoms with Gasteiger partial charge in [0.2, 0.25) is 0 Å². The molecule has 0 radical (unpaired) electrons. The molecule has 1 aromatic heterocycles. The zero-order chi connectivity index (χ0) is 25.8. The van der Waals surface area contributed by atoms with Crippen molar-refractivity contribution in [2.45, 2.75) is 36.0 Å². The molecule has 3 N–H and O–H groups in total. The Morgan fingerprint density at radius 2 is 1.74 bits per heavy atom. The van der Waals surface area contributed by atoms with Crippen molar-refractivity contribution in [3.63, 3.8) is 0 Å². The van der Waals surface area contributed by atoms with Crippen molar-refractivity contribution in [2.75, 3.05) is 11.9 Å². The van der Waals surface area contributed by atoms with Crippen LogP contribution in [0.1, 0.15) is 36.9 Å². The van der Waals surface area contributed by atoms with Crippen LogP contribution >= 0.6 is 33.4 Å². The maximum absolute atomic E-state index is 13.3. The Bertz CT molecular complexity index is 1230. The van der Waals surface area contributed by atoms with E-state index >= 15 is 0 Å². The van der Waals surface area contributed by atoms with E-state index in [9.17, 15) is 39.4 Å². The van der Waals surface area contributed by atoms with Gasteiger partial charge < -0.3 is 15.5 Å². The monoisotopic (exact) mass is 548 g/mol. The Morgan fingerprint density at radius 3 is 2.15 bits per heavy atom. The molecule has 2 aromatic rings. The predicted molar refractivity (Wildman–Crippen MR) is 114 cm³/mol. The normalized spacial score (nSPS) is 16.8. The van der Waals surface area contributed by atoms with Gasteiger partial charge in [-0.2, -0.15) is 10.4 Å². The van der Waals surface area contributed by atoms with Gasteiger partial charge >= 0.3 is 22.2 Å². The third kappa shape index (κ3) is 4.86. The zero-order valence-electron chi connectivity index (χ0n) is 16.8. The van der Waals surface area contributed by atoms with E-state index < -0.39 is 53.9 Å². The first-order chi connectivity index (χ1) is 15.4. The lowest BCUT2D eigenvalue weighted by molar-refractivity contribution is -0.140. The van der Waals surface area contributed by atoms with Crippen molar-refractivity contribution in [3.05, 3.63) is 33.4 Å². The zero-order valence-corrected chi connectivity index (χ0v) is 19.1. The first-order valence-electron chi connectivity index (χ1n) is 9.37. The highest BCUT2D eigenvalue weighted by Crippen LogP contribution is 3.02. The van der Waals surface area contributed by atoms with Crippen LogP contribution in [0.4, 0.5) is 25.2 Å². The van der Waals surface area contributed by atoms with Crippen molar-refractivity contribution >= 4 is 51.2 Å². The number of benzene rings is 1. The molecule has 0 bridgehead atoms. The number of anilines is 1. The Labute approximate surface area is 198 Å². The van der Waals surface area contributed by atoms with E-state index in [1.807, 2.05) is 0 Å². The molecule has 0 aliphatic heterocycles. The predicted octanol–water partition coefficient (Wildman–Crippen LogP) is 6.10. The summed E-state index contributed by atoms with van der Waals surface area (Å²) in [5.74, 6) is -2.58. The Hall–Kier alpha value is -2.76. The van der Waals surface area contributed by atoms with Crippen molar-refractivity contribution in [3.8, 4) is 11.8 Å². The lowest BCUT2D eigenvalue weighted by Crippen LogP contribution is -2.22. The summed E-state index contributed by atoms with van der Waals surface area (Å²) >= 11 is 11.8. The van der Waals surface area contributed by atoms with E-state index in [1.54, 1.807) is 6.07 Å². The highest BCUT2D eigenvalue weighted by atomic mass is 35.5. The van der Waals surface area contributed by atoms with Gasteiger partial charge in [-0.3, -0.25) is 9.59 Å².